The molecule has 8 heteroatoms. The summed E-state index contributed by atoms with van der Waals surface area (Å²) in [5, 5.41) is 22.8. The quantitative estimate of drug-likeness (QED) is 0.696. The lowest BCUT2D eigenvalue weighted by Gasteiger charge is -2.30. The predicted octanol–water partition coefficient (Wildman–Crippen LogP) is 4.30. The van der Waals surface area contributed by atoms with Gasteiger partial charge in [-0.2, -0.15) is 0 Å². The fraction of sp³-hybridized carbons (Fsp3) is 0.133. The van der Waals surface area contributed by atoms with Gasteiger partial charge in [-0.05, 0) is 41.2 Å². The average molecular weight is 460 g/mol. The molecule has 0 saturated heterocycles. The summed E-state index contributed by atoms with van der Waals surface area (Å²) in [6.45, 7) is 0. The number of carbonyl (C=O) groups is 1. The fourth-order valence-electron chi connectivity index (χ4n) is 1.84. The van der Waals surface area contributed by atoms with Crippen molar-refractivity contribution in [1.29, 1.82) is 0 Å². The molecule has 124 valence electrons. The maximum absolute atomic E-state index is 11.5. The van der Waals surface area contributed by atoms with Crippen molar-refractivity contribution >= 4 is 68.3 Å². The molecule has 0 aliphatic rings. The molecule has 23 heavy (non-hydrogen) atoms. The van der Waals surface area contributed by atoms with E-state index in [-0.39, 0.29) is 31.2 Å². The molecule has 0 radical (unpaired) electrons. The van der Waals surface area contributed by atoms with E-state index in [1.54, 1.807) is 0 Å². The van der Waals surface area contributed by atoms with Crippen molar-refractivity contribution in [3.8, 4) is 0 Å². The average Bonchev–Trinajstić information content (AvgIpc) is 2.53. The van der Waals surface area contributed by atoms with Gasteiger partial charge in [0.15, 0.2) is 5.60 Å². The second kappa shape index (κ2) is 8.56. The Balaban J connectivity index is 0.00000127. The van der Waals surface area contributed by atoms with Gasteiger partial charge in [0.05, 0.1) is 26.1 Å². The van der Waals surface area contributed by atoms with Crippen molar-refractivity contribution in [2.45, 2.75) is 5.60 Å². The lowest BCUT2D eigenvalue weighted by molar-refractivity contribution is -0.322. The van der Waals surface area contributed by atoms with E-state index in [2.05, 4.69) is 15.9 Å². The summed E-state index contributed by atoms with van der Waals surface area (Å²) >= 11 is 26.2. The van der Waals surface area contributed by atoms with Gasteiger partial charge in [0.2, 0.25) is 0 Å². The largest absolute Gasteiger partial charge is 0.546 e. The van der Waals surface area contributed by atoms with Crippen LogP contribution >= 0.6 is 62.3 Å². The maximum atomic E-state index is 11.5. The van der Waals surface area contributed by atoms with Crippen molar-refractivity contribution in [3.63, 3.8) is 0 Å². The van der Waals surface area contributed by atoms with E-state index in [1.807, 2.05) is 5.83 Å². The Morgan fingerprint density at radius 3 is 1.52 bits per heavy atom. The van der Waals surface area contributed by atoms with Crippen molar-refractivity contribution in [3.05, 3.63) is 67.6 Å². The molecule has 3 nitrogen and oxygen atoms in total. The Morgan fingerprint density at radius 1 is 0.913 bits per heavy atom. The summed E-state index contributed by atoms with van der Waals surface area (Å²) in [6.07, 6.45) is 0. The molecule has 0 aliphatic heterocycles. The standard InChI is InChI=1S/C14H8Cl4O3.CH3Br/c15-9-3-1-7(5-11(9)17)14(21,13(19)20)8-2-4-10(16)12(18)6-8;1-2/h1-6,21H,(H,19,20);1H3/p-1. The van der Waals surface area contributed by atoms with E-state index in [1.165, 1.54) is 36.4 Å². The zero-order chi connectivity index (χ0) is 17.8. The third kappa shape index (κ3) is 4.32. The van der Waals surface area contributed by atoms with Crippen LogP contribution in [0, 0.1) is 0 Å². The van der Waals surface area contributed by atoms with E-state index in [0.29, 0.717) is 0 Å². The Morgan fingerprint density at radius 2 is 1.26 bits per heavy atom. The van der Waals surface area contributed by atoms with Gasteiger partial charge in [0, 0.05) is 0 Å². The number of hydrogen-bond acceptors (Lipinski definition) is 3. The maximum Gasteiger partial charge on any atom is 0.154 e. The Kier molecular flexibility index (Phi) is 7.65. The van der Waals surface area contributed by atoms with Crippen molar-refractivity contribution < 1.29 is 15.0 Å². The van der Waals surface area contributed by atoms with Crippen molar-refractivity contribution in [2.75, 3.05) is 5.83 Å². The minimum atomic E-state index is -2.43. The predicted molar refractivity (Wildman–Crippen MR) is 95.8 cm³/mol. The second-order valence-electron chi connectivity index (χ2n) is 4.26. The molecular weight excluding hydrogens is 450 g/mol. The van der Waals surface area contributed by atoms with Crippen molar-refractivity contribution in [2.24, 2.45) is 0 Å². The molecule has 1 N–H and O–H groups in total. The van der Waals surface area contributed by atoms with Gasteiger partial charge in [-0.25, -0.2) is 0 Å². The van der Waals surface area contributed by atoms with E-state index < -0.39 is 11.6 Å². The number of halogens is 5. The first-order valence-corrected chi connectivity index (χ1v) is 9.09. The molecule has 0 spiro atoms. The van der Waals surface area contributed by atoms with Gasteiger partial charge >= 0.3 is 0 Å². The summed E-state index contributed by atoms with van der Waals surface area (Å²) in [5.41, 5.74) is -2.44. The second-order valence-corrected chi connectivity index (χ2v) is 5.88. The van der Waals surface area contributed by atoms with Crippen LogP contribution in [0.2, 0.25) is 20.1 Å². The highest BCUT2D eigenvalue weighted by Crippen LogP contribution is 2.35. The summed E-state index contributed by atoms with van der Waals surface area (Å²) in [7, 11) is 0. The molecule has 0 aromatic heterocycles. The first-order chi connectivity index (χ1) is 10.8. The number of hydrogen-bond donors (Lipinski definition) is 1. The van der Waals surface area contributed by atoms with Gasteiger partial charge in [-0.1, -0.05) is 74.5 Å². The minimum Gasteiger partial charge on any atom is -0.546 e. The molecule has 0 unspecified atom stereocenters. The first kappa shape index (κ1) is 20.6. The number of carboxylic acid groups (broad SMARTS) is 1. The molecule has 2 aromatic carbocycles. The molecule has 0 saturated carbocycles. The highest BCUT2D eigenvalue weighted by molar-refractivity contribution is 9.08. The minimum absolute atomic E-state index is 0.00436. The zero-order valence-corrected chi connectivity index (χ0v) is 16.2. The lowest BCUT2D eigenvalue weighted by Crippen LogP contribution is -2.46. The van der Waals surface area contributed by atoms with Crippen LogP contribution in [0.15, 0.2) is 36.4 Å². The first-order valence-electron chi connectivity index (χ1n) is 5.99. The molecular formula is C15H10BrCl4O3-. The number of aliphatic carboxylic acids is 1. The van der Waals surface area contributed by atoms with Crippen LogP contribution in [-0.4, -0.2) is 16.9 Å². The molecule has 0 amide bonds. The van der Waals surface area contributed by atoms with E-state index in [0.717, 1.165) is 0 Å². The van der Waals surface area contributed by atoms with Gasteiger partial charge in [-0.3, -0.25) is 0 Å². The fourth-order valence-corrected chi connectivity index (χ4v) is 2.44. The van der Waals surface area contributed by atoms with Gasteiger partial charge < -0.3 is 15.0 Å². The van der Waals surface area contributed by atoms with Crippen LogP contribution < -0.4 is 5.11 Å². The van der Waals surface area contributed by atoms with Gasteiger partial charge in [-0.15, -0.1) is 0 Å². The summed E-state index contributed by atoms with van der Waals surface area (Å²) in [5.74, 6) is 0.0896. The van der Waals surface area contributed by atoms with Crippen LogP contribution in [0.4, 0.5) is 0 Å². The third-order valence-corrected chi connectivity index (χ3v) is 4.45. The van der Waals surface area contributed by atoms with E-state index in [4.69, 9.17) is 46.4 Å². The highest BCUT2D eigenvalue weighted by atomic mass is 79.9. The number of alkyl halides is 1. The number of carbonyl (C=O) groups excluding carboxylic acids is 1. The summed E-state index contributed by atoms with van der Waals surface area (Å²) < 4.78 is 0. The van der Waals surface area contributed by atoms with E-state index in [9.17, 15) is 15.0 Å². The highest BCUT2D eigenvalue weighted by Gasteiger charge is 2.34. The van der Waals surface area contributed by atoms with Crippen molar-refractivity contribution in [1.82, 2.24) is 0 Å². The molecule has 0 aliphatic carbocycles. The number of benzene rings is 2. The zero-order valence-electron chi connectivity index (χ0n) is 11.6. The molecule has 0 bridgehead atoms. The molecule has 2 aromatic rings. The Labute approximate surface area is 161 Å². The third-order valence-electron chi connectivity index (χ3n) is 2.97. The van der Waals surface area contributed by atoms with Gasteiger partial charge in [0.1, 0.15) is 0 Å². The van der Waals surface area contributed by atoms with Crippen LogP contribution in [0.3, 0.4) is 0 Å². The van der Waals surface area contributed by atoms with Crippen LogP contribution in [0.1, 0.15) is 11.1 Å². The Bertz CT molecular complexity index is 670. The number of carboxylic acids is 1. The lowest BCUT2D eigenvalue weighted by atomic mass is 9.86. The van der Waals surface area contributed by atoms with E-state index >= 15 is 0 Å². The topological polar surface area (TPSA) is 60.4 Å². The Hall–Kier alpha value is -0.490. The van der Waals surface area contributed by atoms with Crippen LogP contribution in [0.5, 0.6) is 0 Å². The molecule has 2 rings (SSSR count). The van der Waals surface area contributed by atoms with Crippen LogP contribution in [0.25, 0.3) is 0 Å². The summed E-state index contributed by atoms with van der Waals surface area (Å²) in [4.78, 5) is 11.5. The smallest absolute Gasteiger partial charge is 0.154 e. The van der Waals surface area contributed by atoms with Gasteiger partial charge in [0.25, 0.3) is 0 Å². The SMILES string of the molecule is CBr.O=C([O-])C(O)(c1ccc(Cl)c(Cl)c1)c1ccc(Cl)c(Cl)c1. The molecule has 0 fully saturated rings. The number of aliphatic hydroxyl groups is 1. The normalized spacial score (nSPS) is 10.7. The number of rotatable bonds is 3. The molecule has 0 atom stereocenters. The molecule has 0 heterocycles. The summed E-state index contributed by atoms with van der Waals surface area (Å²) in [6, 6.07) is 7.94. The monoisotopic (exact) mass is 457 g/mol. The van der Waals surface area contributed by atoms with Crippen LogP contribution in [-0.2, 0) is 10.4 Å².